The van der Waals surface area contributed by atoms with Crippen molar-refractivity contribution < 1.29 is 13.2 Å². The summed E-state index contributed by atoms with van der Waals surface area (Å²) in [6.07, 6.45) is -1.84. The Morgan fingerprint density at radius 3 is 2.00 bits per heavy atom. The molecule has 0 nitrogen and oxygen atoms in total. The van der Waals surface area contributed by atoms with E-state index in [1.807, 2.05) is 18.2 Å². The van der Waals surface area contributed by atoms with Crippen LogP contribution in [0.1, 0.15) is 29.9 Å². The first kappa shape index (κ1) is 12.3. The molecule has 3 heteroatoms. The predicted octanol–water partition coefficient (Wildman–Crippen LogP) is 5.05. The van der Waals surface area contributed by atoms with Crippen molar-refractivity contribution in [2.24, 2.45) is 0 Å². The highest BCUT2D eigenvalue weighted by atomic mass is 19.4. The van der Waals surface area contributed by atoms with Crippen molar-refractivity contribution in [1.29, 1.82) is 0 Å². The van der Waals surface area contributed by atoms with Gasteiger partial charge >= 0.3 is 6.18 Å². The molecule has 19 heavy (non-hydrogen) atoms. The van der Waals surface area contributed by atoms with Crippen LogP contribution in [-0.4, -0.2) is 0 Å². The smallest absolute Gasteiger partial charge is 0.166 e. The molecule has 0 spiro atoms. The zero-order valence-electron chi connectivity index (χ0n) is 10.2. The van der Waals surface area contributed by atoms with Crippen molar-refractivity contribution in [1.82, 2.24) is 0 Å². The molecule has 0 saturated heterocycles. The van der Waals surface area contributed by atoms with Crippen molar-refractivity contribution in [2.45, 2.75) is 24.9 Å². The Balaban J connectivity index is 1.85. The summed E-state index contributed by atoms with van der Waals surface area (Å²) in [5.41, 5.74) is 2.27. The van der Waals surface area contributed by atoms with E-state index in [1.165, 1.54) is 30.5 Å². The molecule has 2 aromatic carbocycles. The summed E-state index contributed by atoms with van der Waals surface area (Å²) < 4.78 is 37.4. The third-order valence-electron chi connectivity index (χ3n) is 3.40. The molecule has 0 unspecified atom stereocenters. The van der Waals surface area contributed by atoms with Gasteiger partial charge < -0.3 is 0 Å². The number of hydrogen-bond acceptors (Lipinski definition) is 0. The lowest BCUT2D eigenvalue weighted by Gasteiger charge is -2.08. The first-order valence-electron chi connectivity index (χ1n) is 6.23. The third kappa shape index (κ3) is 2.65. The Hall–Kier alpha value is -1.77. The quantitative estimate of drug-likeness (QED) is 0.709. The van der Waals surface area contributed by atoms with Gasteiger partial charge in [-0.25, -0.2) is 0 Å². The molecule has 3 rings (SSSR count). The van der Waals surface area contributed by atoms with Crippen LogP contribution >= 0.6 is 0 Å². The number of benzene rings is 2. The molecule has 1 radical (unpaired) electrons. The molecule has 0 N–H and O–H groups in total. The average molecular weight is 261 g/mol. The minimum Gasteiger partial charge on any atom is -0.166 e. The lowest BCUT2D eigenvalue weighted by atomic mass is 10.0. The van der Waals surface area contributed by atoms with E-state index in [0.717, 1.165) is 23.3 Å². The minimum absolute atomic E-state index is 0.616. The van der Waals surface area contributed by atoms with Crippen molar-refractivity contribution in [3.8, 4) is 11.1 Å². The van der Waals surface area contributed by atoms with Crippen LogP contribution in [-0.2, 0) is 6.18 Å². The third-order valence-corrected chi connectivity index (χ3v) is 3.40. The van der Waals surface area contributed by atoms with Crippen LogP contribution in [0.2, 0.25) is 0 Å². The van der Waals surface area contributed by atoms with Crippen LogP contribution in [0, 0.1) is 6.07 Å². The monoisotopic (exact) mass is 261 g/mol. The van der Waals surface area contributed by atoms with Crippen molar-refractivity contribution in [3.05, 3.63) is 59.7 Å². The molecule has 1 aliphatic carbocycles. The standard InChI is InChI=1S/C16H12F3/c17-16(18,19)15-9-7-14(8-10-15)13-5-3-12(4-6-13)11-1-2-11/h3,5-11H,1-2H2. The van der Waals surface area contributed by atoms with Crippen LogP contribution in [0.15, 0.2) is 42.5 Å². The summed E-state index contributed by atoms with van der Waals surface area (Å²) in [5, 5.41) is 0. The van der Waals surface area contributed by atoms with Crippen LogP contribution in [0.4, 0.5) is 13.2 Å². The molecule has 1 fully saturated rings. The number of rotatable bonds is 2. The molecule has 0 heterocycles. The molecule has 0 bridgehead atoms. The predicted molar refractivity (Wildman–Crippen MR) is 67.7 cm³/mol. The van der Waals surface area contributed by atoms with Crippen LogP contribution in [0.5, 0.6) is 0 Å². The van der Waals surface area contributed by atoms with Gasteiger partial charge in [0.15, 0.2) is 0 Å². The van der Waals surface area contributed by atoms with Crippen LogP contribution in [0.25, 0.3) is 11.1 Å². The summed E-state index contributed by atoms with van der Waals surface area (Å²) >= 11 is 0. The number of hydrogen-bond donors (Lipinski definition) is 0. The van der Waals surface area contributed by atoms with Gasteiger partial charge in [-0.05, 0) is 59.7 Å². The minimum atomic E-state index is -4.28. The molecule has 1 saturated carbocycles. The normalized spacial score (nSPS) is 15.5. The van der Waals surface area contributed by atoms with Gasteiger partial charge in [-0.1, -0.05) is 24.3 Å². The zero-order valence-corrected chi connectivity index (χ0v) is 10.2. The molecule has 0 amide bonds. The van der Waals surface area contributed by atoms with Gasteiger partial charge in [0.2, 0.25) is 0 Å². The topological polar surface area (TPSA) is 0 Å². The molecule has 97 valence electrons. The van der Waals surface area contributed by atoms with E-state index in [4.69, 9.17) is 0 Å². The molecular weight excluding hydrogens is 249 g/mol. The van der Waals surface area contributed by atoms with E-state index >= 15 is 0 Å². The van der Waals surface area contributed by atoms with Gasteiger partial charge in [0.25, 0.3) is 0 Å². The van der Waals surface area contributed by atoms with Crippen LogP contribution < -0.4 is 0 Å². The lowest BCUT2D eigenvalue weighted by Crippen LogP contribution is -2.03. The SMILES string of the molecule is FC(F)(F)c1ccc(-c2c[c]c(C3CC3)cc2)cc1. The molecule has 0 aliphatic heterocycles. The number of halogens is 3. The summed E-state index contributed by atoms with van der Waals surface area (Å²) in [4.78, 5) is 0. The molecule has 1 aliphatic rings. The summed E-state index contributed by atoms with van der Waals surface area (Å²) in [6, 6.07) is 14.3. The van der Waals surface area contributed by atoms with Gasteiger partial charge in [-0.3, -0.25) is 0 Å². The second kappa shape index (κ2) is 4.41. The maximum Gasteiger partial charge on any atom is 0.416 e. The Morgan fingerprint density at radius 2 is 1.53 bits per heavy atom. The summed E-state index contributed by atoms with van der Waals surface area (Å²) in [5.74, 6) is 0.640. The highest BCUT2D eigenvalue weighted by Gasteiger charge is 2.30. The van der Waals surface area contributed by atoms with Crippen molar-refractivity contribution in [2.75, 3.05) is 0 Å². The van der Waals surface area contributed by atoms with E-state index in [2.05, 4.69) is 6.07 Å². The molecule has 0 atom stereocenters. The number of alkyl halides is 3. The summed E-state index contributed by atoms with van der Waals surface area (Å²) in [7, 11) is 0. The first-order chi connectivity index (χ1) is 9.04. The molecule has 0 aromatic heterocycles. The Kier molecular flexibility index (Phi) is 2.85. The Labute approximate surface area is 109 Å². The Morgan fingerprint density at radius 1 is 0.895 bits per heavy atom. The highest BCUT2D eigenvalue weighted by molar-refractivity contribution is 5.64. The van der Waals surface area contributed by atoms with Gasteiger partial charge in [0.1, 0.15) is 0 Å². The van der Waals surface area contributed by atoms with Crippen molar-refractivity contribution in [3.63, 3.8) is 0 Å². The fourth-order valence-electron chi connectivity index (χ4n) is 2.12. The highest BCUT2D eigenvalue weighted by Crippen LogP contribution is 2.40. The maximum atomic E-state index is 12.5. The summed E-state index contributed by atoms with van der Waals surface area (Å²) in [6.45, 7) is 0. The lowest BCUT2D eigenvalue weighted by molar-refractivity contribution is -0.137. The van der Waals surface area contributed by atoms with E-state index < -0.39 is 11.7 Å². The van der Waals surface area contributed by atoms with E-state index in [-0.39, 0.29) is 0 Å². The van der Waals surface area contributed by atoms with Gasteiger partial charge in [-0.15, -0.1) is 0 Å². The molecular formula is C16H12F3. The molecule has 2 aromatic rings. The average Bonchev–Trinajstić information content (AvgIpc) is 3.22. The van der Waals surface area contributed by atoms with Gasteiger partial charge in [0.05, 0.1) is 5.56 Å². The largest absolute Gasteiger partial charge is 0.416 e. The first-order valence-corrected chi connectivity index (χ1v) is 6.23. The zero-order chi connectivity index (χ0) is 13.5. The fourth-order valence-corrected chi connectivity index (χ4v) is 2.12. The fraction of sp³-hybridized carbons (Fsp3) is 0.250. The van der Waals surface area contributed by atoms with Crippen LogP contribution in [0.3, 0.4) is 0 Å². The second-order valence-corrected chi connectivity index (χ2v) is 4.88. The Bertz CT molecular complexity index is 560. The second-order valence-electron chi connectivity index (χ2n) is 4.88. The van der Waals surface area contributed by atoms with Crippen molar-refractivity contribution >= 4 is 0 Å². The maximum absolute atomic E-state index is 12.5. The van der Waals surface area contributed by atoms with E-state index in [1.54, 1.807) is 0 Å². The van der Waals surface area contributed by atoms with E-state index in [0.29, 0.717) is 5.92 Å². The van der Waals surface area contributed by atoms with E-state index in [9.17, 15) is 13.2 Å². The van der Waals surface area contributed by atoms with Gasteiger partial charge in [0, 0.05) is 0 Å². The van der Waals surface area contributed by atoms with Gasteiger partial charge in [-0.2, -0.15) is 13.2 Å².